The lowest BCUT2D eigenvalue weighted by molar-refractivity contribution is 0.437. The Labute approximate surface area is 110 Å². The van der Waals surface area contributed by atoms with Gasteiger partial charge in [-0.25, -0.2) is 4.98 Å². The number of aryl methyl sites for hydroxylation is 1. The van der Waals surface area contributed by atoms with Crippen LogP contribution < -0.4 is 10.1 Å². The topological polar surface area (TPSA) is 59.9 Å². The van der Waals surface area contributed by atoms with Crippen molar-refractivity contribution in [2.75, 3.05) is 7.05 Å². The zero-order chi connectivity index (χ0) is 13.0. The lowest BCUT2D eigenvalue weighted by Crippen LogP contribution is -2.08. The van der Waals surface area contributed by atoms with Crippen molar-refractivity contribution in [3.63, 3.8) is 0 Å². The number of pyridine rings is 1. The Balaban J connectivity index is 2.17. The Hall–Kier alpha value is -1.72. The zero-order valence-electron chi connectivity index (χ0n) is 10.1. The quantitative estimate of drug-likeness (QED) is 0.919. The number of aromatic nitrogens is 3. The number of hydrogen-bond acceptors (Lipinski definition) is 5. The highest BCUT2D eigenvalue weighted by Gasteiger charge is 2.05. The SMILES string of the molecule is CNCc1cnc(Oc2cncc(Cl)c2)nc1C. The Bertz CT molecular complexity index is 547. The van der Waals surface area contributed by atoms with Crippen molar-refractivity contribution in [2.45, 2.75) is 13.5 Å². The van der Waals surface area contributed by atoms with E-state index in [0.717, 1.165) is 17.8 Å². The fourth-order valence-corrected chi connectivity index (χ4v) is 1.60. The van der Waals surface area contributed by atoms with E-state index in [2.05, 4.69) is 20.3 Å². The van der Waals surface area contributed by atoms with Crippen LogP contribution in [0, 0.1) is 6.92 Å². The van der Waals surface area contributed by atoms with Gasteiger partial charge in [-0.3, -0.25) is 4.98 Å². The van der Waals surface area contributed by atoms with E-state index in [1.807, 2.05) is 14.0 Å². The molecule has 18 heavy (non-hydrogen) atoms. The largest absolute Gasteiger partial charge is 0.423 e. The van der Waals surface area contributed by atoms with Gasteiger partial charge in [0.2, 0.25) is 0 Å². The van der Waals surface area contributed by atoms with Crippen molar-refractivity contribution >= 4 is 11.6 Å². The molecule has 5 nitrogen and oxygen atoms in total. The highest BCUT2D eigenvalue weighted by Crippen LogP contribution is 2.20. The van der Waals surface area contributed by atoms with E-state index in [4.69, 9.17) is 16.3 Å². The van der Waals surface area contributed by atoms with E-state index >= 15 is 0 Å². The molecule has 6 heteroatoms. The summed E-state index contributed by atoms with van der Waals surface area (Å²) >= 11 is 5.82. The molecule has 0 saturated carbocycles. The van der Waals surface area contributed by atoms with Crippen LogP contribution in [0.4, 0.5) is 0 Å². The van der Waals surface area contributed by atoms with Crippen molar-refractivity contribution in [1.82, 2.24) is 20.3 Å². The standard InChI is InChI=1S/C12H13ClN4O/c1-8-9(4-14-2)5-16-12(17-8)18-11-3-10(13)6-15-7-11/h3,5-7,14H,4H2,1-2H3. The summed E-state index contributed by atoms with van der Waals surface area (Å²) in [6, 6.07) is 1.95. The van der Waals surface area contributed by atoms with Gasteiger partial charge in [0.1, 0.15) is 0 Å². The number of hydrogen-bond donors (Lipinski definition) is 1. The Kier molecular flexibility index (Phi) is 4.07. The predicted molar refractivity (Wildman–Crippen MR) is 68.9 cm³/mol. The second kappa shape index (κ2) is 5.75. The third-order valence-electron chi connectivity index (χ3n) is 2.32. The molecule has 0 spiro atoms. The number of rotatable bonds is 4. The first-order valence-electron chi connectivity index (χ1n) is 5.44. The minimum Gasteiger partial charge on any atom is -0.423 e. The van der Waals surface area contributed by atoms with Crippen molar-refractivity contribution in [3.05, 3.63) is 40.9 Å². The summed E-state index contributed by atoms with van der Waals surface area (Å²) in [4.78, 5) is 12.3. The molecule has 2 rings (SSSR count). The Morgan fingerprint density at radius 3 is 2.83 bits per heavy atom. The molecule has 0 atom stereocenters. The molecule has 0 bridgehead atoms. The van der Waals surface area contributed by atoms with Crippen molar-refractivity contribution in [2.24, 2.45) is 0 Å². The van der Waals surface area contributed by atoms with Crippen molar-refractivity contribution in [1.29, 1.82) is 0 Å². The fourth-order valence-electron chi connectivity index (χ4n) is 1.44. The minimum atomic E-state index is 0.288. The van der Waals surface area contributed by atoms with E-state index in [1.165, 1.54) is 6.20 Å². The zero-order valence-corrected chi connectivity index (χ0v) is 10.9. The third kappa shape index (κ3) is 3.15. The summed E-state index contributed by atoms with van der Waals surface area (Å²) in [5.74, 6) is 0.517. The summed E-state index contributed by atoms with van der Waals surface area (Å²) in [7, 11) is 1.88. The molecule has 0 aliphatic rings. The lowest BCUT2D eigenvalue weighted by atomic mass is 10.2. The molecule has 0 amide bonds. The van der Waals surface area contributed by atoms with Crippen LogP contribution in [0.3, 0.4) is 0 Å². The van der Waals surface area contributed by atoms with Gasteiger partial charge in [-0.2, -0.15) is 4.98 Å². The van der Waals surface area contributed by atoms with Gasteiger partial charge in [0.15, 0.2) is 5.75 Å². The van der Waals surface area contributed by atoms with Crippen LogP contribution in [0.5, 0.6) is 11.8 Å². The maximum absolute atomic E-state index is 5.82. The third-order valence-corrected chi connectivity index (χ3v) is 2.52. The van der Waals surface area contributed by atoms with E-state index in [-0.39, 0.29) is 6.01 Å². The molecule has 0 fully saturated rings. The molecule has 0 aromatic carbocycles. The summed E-state index contributed by atoms with van der Waals surface area (Å²) in [5.41, 5.74) is 1.92. The predicted octanol–water partition coefficient (Wildman–Crippen LogP) is 2.35. The number of nitrogens with zero attached hydrogens (tertiary/aromatic N) is 3. The molecule has 94 valence electrons. The number of halogens is 1. The smallest absolute Gasteiger partial charge is 0.322 e. The minimum absolute atomic E-state index is 0.288. The molecule has 0 aliphatic carbocycles. The van der Waals surface area contributed by atoms with E-state index in [9.17, 15) is 0 Å². The lowest BCUT2D eigenvalue weighted by Gasteiger charge is -2.07. The summed E-state index contributed by atoms with van der Waals surface area (Å²) in [5, 5.41) is 3.56. The first kappa shape index (κ1) is 12.7. The van der Waals surface area contributed by atoms with Gasteiger partial charge in [-0.1, -0.05) is 11.6 Å². The van der Waals surface area contributed by atoms with E-state index in [1.54, 1.807) is 18.5 Å². The van der Waals surface area contributed by atoms with Crippen molar-refractivity contribution in [3.8, 4) is 11.8 Å². The Morgan fingerprint density at radius 2 is 2.17 bits per heavy atom. The molecular formula is C12H13ClN4O. The van der Waals surface area contributed by atoms with Crippen LogP contribution in [-0.4, -0.2) is 22.0 Å². The van der Waals surface area contributed by atoms with Crippen LogP contribution in [0.2, 0.25) is 5.02 Å². The van der Waals surface area contributed by atoms with Crippen LogP contribution in [0.25, 0.3) is 0 Å². The highest BCUT2D eigenvalue weighted by molar-refractivity contribution is 6.30. The molecule has 2 aromatic rings. The molecule has 2 heterocycles. The van der Waals surface area contributed by atoms with Gasteiger partial charge in [-0.05, 0) is 14.0 Å². The van der Waals surface area contributed by atoms with Crippen molar-refractivity contribution < 1.29 is 4.74 Å². The molecule has 1 N–H and O–H groups in total. The van der Waals surface area contributed by atoms with Crippen LogP contribution in [0.1, 0.15) is 11.3 Å². The van der Waals surface area contributed by atoms with Crippen LogP contribution >= 0.6 is 11.6 Å². The Morgan fingerprint density at radius 1 is 1.33 bits per heavy atom. The van der Waals surface area contributed by atoms with Gasteiger partial charge in [-0.15, -0.1) is 0 Å². The monoisotopic (exact) mass is 264 g/mol. The molecule has 0 unspecified atom stereocenters. The molecule has 2 aromatic heterocycles. The van der Waals surface area contributed by atoms with Gasteiger partial charge in [0.25, 0.3) is 0 Å². The van der Waals surface area contributed by atoms with E-state index < -0.39 is 0 Å². The maximum Gasteiger partial charge on any atom is 0.322 e. The van der Waals surface area contributed by atoms with Gasteiger partial charge < -0.3 is 10.1 Å². The van der Waals surface area contributed by atoms with Gasteiger partial charge >= 0.3 is 6.01 Å². The second-order valence-electron chi connectivity index (χ2n) is 3.73. The molecule has 0 aliphatic heterocycles. The first-order chi connectivity index (χ1) is 8.69. The second-order valence-corrected chi connectivity index (χ2v) is 4.17. The summed E-state index contributed by atoms with van der Waals surface area (Å²) in [6.45, 7) is 2.64. The molecular weight excluding hydrogens is 252 g/mol. The fraction of sp³-hybridized carbons (Fsp3) is 0.250. The average Bonchev–Trinajstić information content (AvgIpc) is 2.33. The van der Waals surface area contributed by atoms with Gasteiger partial charge in [0.05, 0.1) is 11.2 Å². The normalized spacial score (nSPS) is 10.4. The van der Waals surface area contributed by atoms with Crippen LogP contribution in [-0.2, 0) is 6.54 Å². The number of ether oxygens (including phenoxy) is 1. The van der Waals surface area contributed by atoms with Gasteiger partial charge in [0, 0.05) is 36.3 Å². The maximum atomic E-state index is 5.82. The van der Waals surface area contributed by atoms with E-state index in [0.29, 0.717) is 10.8 Å². The highest BCUT2D eigenvalue weighted by atomic mass is 35.5. The molecule has 0 radical (unpaired) electrons. The first-order valence-corrected chi connectivity index (χ1v) is 5.82. The summed E-state index contributed by atoms with van der Waals surface area (Å²) < 4.78 is 5.48. The van der Waals surface area contributed by atoms with Crippen LogP contribution in [0.15, 0.2) is 24.7 Å². The number of nitrogens with one attached hydrogen (secondary N) is 1. The average molecular weight is 265 g/mol. The molecule has 0 saturated heterocycles. The summed E-state index contributed by atoms with van der Waals surface area (Å²) in [6.07, 6.45) is 4.84.